The van der Waals surface area contributed by atoms with Gasteiger partial charge in [0.25, 0.3) is 0 Å². The predicted octanol–water partition coefficient (Wildman–Crippen LogP) is -7.83. The molecule has 0 N–H and O–H groups in total. The Morgan fingerprint density at radius 1 is 0.882 bits per heavy atom. The third-order valence-electron chi connectivity index (χ3n) is 1.44. The van der Waals surface area contributed by atoms with Crippen LogP contribution in [0.4, 0.5) is 0 Å². The van der Waals surface area contributed by atoms with Crippen LogP contribution in [0, 0.1) is 0 Å². The van der Waals surface area contributed by atoms with Crippen LogP contribution in [0.2, 0.25) is 0 Å². The van der Waals surface area contributed by atoms with Crippen molar-refractivity contribution in [3.63, 3.8) is 0 Å². The van der Waals surface area contributed by atoms with Gasteiger partial charge in [-0.15, -0.1) is 3.71 Å². The second-order valence-corrected chi connectivity index (χ2v) is 5.89. The molecule has 12 heteroatoms. The monoisotopic (exact) mass is 306 g/mol. The van der Waals surface area contributed by atoms with Crippen molar-refractivity contribution in [3.05, 3.63) is 0 Å². The SMILES string of the molecule is CN(C)CCCN(S(=O)(=O)[O-])S(=O)(=O)[O-].[Na+].[Na+]. The largest absolute Gasteiger partial charge is 1.00 e. The van der Waals surface area contributed by atoms with E-state index in [4.69, 9.17) is 0 Å². The molecule has 0 aromatic heterocycles. The van der Waals surface area contributed by atoms with Gasteiger partial charge in [-0.05, 0) is 27.1 Å². The van der Waals surface area contributed by atoms with E-state index in [1.807, 2.05) is 0 Å². The van der Waals surface area contributed by atoms with E-state index in [0.717, 1.165) is 0 Å². The molecule has 0 aliphatic carbocycles. The predicted molar refractivity (Wildman–Crippen MR) is 49.3 cm³/mol. The second kappa shape index (κ2) is 9.61. The fraction of sp³-hybridized carbons (Fsp3) is 1.00. The summed E-state index contributed by atoms with van der Waals surface area (Å²) in [6.07, 6.45) is 0.0793. The zero-order valence-corrected chi connectivity index (χ0v) is 15.9. The topological polar surface area (TPSA) is 121 Å². The maximum Gasteiger partial charge on any atom is 1.00 e. The minimum Gasteiger partial charge on any atom is -0.735 e. The van der Waals surface area contributed by atoms with Gasteiger partial charge in [-0.3, -0.25) is 0 Å². The van der Waals surface area contributed by atoms with E-state index >= 15 is 0 Å². The van der Waals surface area contributed by atoms with E-state index < -0.39 is 30.9 Å². The van der Waals surface area contributed by atoms with Crippen LogP contribution in [-0.2, 0) is 20.6 Å². The van der Waals surface area contributed by atoms with Crippen LogP contribution >= 0.6 is 0 Å². The average Bonchev–Trinajstić information content (AvgIpc) is 1.92. The van der Waals surface area contributed by atoms with Crippen LogP contribution in [0.1, 0.15) is 6.42 Å². The smallest absolute Gasteiger partial charge is 0.735 e. The van der Waals surface area contributed by atoms with Crippen LogP contribution in [0.5, 0.6) is 0 Å². The molecule has 0 heterocycles. The summed E-state index contributed by atoms with van der Waals surface area (Å²) in [6, 6.07) is 0. The molecule has 0 radical (unpaired) electrons. The molecule has 0 bridgehead atoms. The van der Waals surface area contributed by atoms with Gasteiger partial charge in [0.05, 0.1) is 0 Å². The molecule has 0 fully saturated rings. The number of hydrogen-bond donors (Lipinski definition) is 0. The maximum atomic E-state index is 10.4. The van der Waals surface area contributed by atoms with Crippen LogP contribution in [0.3, 0.4) is 0 Å². The molecule has 0 aromatic rings. The molecular weight excluding hydrogens is 294 g/mol. The summed E-state index contributed by atoms with van der Waals surface area (Å²) in [5.41, 5.74) is 0. The standard InChI is InChI=1S/C5H14N2O6S2.2Na/c1-6(2)4-3-5-7(14(8,9)10)15(11,12)13;;/h3-5H2,1-2H3,(H,8,9,10)(H,11,12,13);;/q;2*+1/p-2. The summed E-state index contributed by atoms with van der Waals surface area (Å²) < 4.78 is 62.0. The first-order valence-electron chi connectivity index (χ1n) is 3.89. The van der Waals surface area contributed by atoms with Crippen molar-refractivity contribution in [2.45, 2.75) is 6.42 Å². The van der Waals surface area contributed by atoms with E-state index in [2.05, 4.69) is 0 Å². The Morgan fingerprint density at radius 3 is 1.47 bits per heavy atom. The summed E-state index contributed by atoms with van der Waals surface area (Å²) in [4.78, 5) is 1.66. The summed E-state index contributed by atoms with van der Waals surface area (Å²) >= 11 is 0. The van der Waals surface area contributed by atoms with Crippen molar-refractivity contribution in [2.24, 2.45) is 0 Å². The van der Waals surface area contributed by atoms with Crippen LogP contribution in [0.25, 0.3) is 0 Å². The molecule has 0 aliphatic heterocycles. The Hall–Kier alpha value is 1.74. The molecule has 8 nitrogen and oxygen atoms in total. The zero-order valence-electron chi connectivity index (χ0n) is 10.3. The van der Waals surface area contributed by atoms with E-state index in [-0.39, 0.29) is 65.5 Å². The van der Waals surface area contributed by atoms with Gasteiger partial charge in [-0.25, -0.2) is 16.8 Å². The summed E-state index contributed by atoms with van der Waals surface area (Å²) in [5.74, 6) is 0. The first-order chi connectivity index (χ1) is 6.55. The summed E-state index contributed by atoms with van der Waals surface area (Å²) in [5, 5.41) is 0. The van der Waals surface area contributed by atoms with Gasteiger partial charge in [-0.1, -0.05) is 0 Å². The molecule has 0 spiro atoms. The van der Waals surface area contributed by atoms with Gasteiger partial charge < -0.3 is 14.0 Å². The molecule has 0 rings (SSSR count). The fourth-order valence-corrected chi connectivity index (χ4v) is 2.45. The van der Waals surface area contributed by atoms with E-state index in [9.17, 15) is 25.9 Å². The number of nitrogens with zero attached hydrogens (tertiary/aromatic N) is 2. The van der Waals surface area contributed by atoms with Gasteiger partial charge in [-0.2, -0.15) is 0 Å². The van der Waals surface area contributed by atoms with E-state index in [1.54, 1.807) is 19.0 Å². The van der Waals surface area contributed by atoms with E-state index in [0.29, 0.717) is 6.54 Å². The molecular formula is C5H12N2Na2O6S2. The third kappa shape index (κ3) is 11.3. The van der Waals surface area contributed by atoms with Crippen LogP contribution in [0.15, 0.2) is 0 Å². The maximum absolute atomic E-state index is 10.4. The molecule has 0 unspecified atom stereocenters. The minimum atomic E-state index is -5.26. The first-order valence-corrected chi connectivity index (χ1v) is 6.62. The molecule has 0 atom stereocenters. The zero-order chi connectivity index (χ0) is 12.3. The fourth-order valence-electron chi connectivity index (χ4n) is 0.851. The second-order valence-electron chi connectivity index (χ2n) is 3.07. The molecule has 0 saturated carbocycles. The van der Waals surface area contributed by atoms with E-state index in [1.165, 1.54) is 0 Å². The van der Waals surface area contributed by atoms with Crippen LogP contribution in [-0.4, -0.2) is 61.7 Å². The molecule has 0 saturated heterocycles. The Morgan fingerprint density at radius 2 is 1.24 bits per heavy atom. The van der Waals surface area contributed by atoms with Crippen molar-refractivity contribution in [3.8, 4) is 0 Å². The molecule has 17 heavy (non-hydrogen) atoms. The van der Waals surface area contributed by atoms with Gasteiger partial charge >= 0.3 is 59.1 Å². The third-order valence-corrected chi connectivity index (χ3v) is 3.90. The van der Waals surface area contributed by atoms with Crippen LogP contribution < -0.4 is 59.1 Å². The normalized spacial score (nSPS) is 12.1. The Balaban J connectivity index is -0.000000980. The molecule has 0 amide bonds. The number of hydrogen-bond acceptors (Lipinski definition) is 7. The van der Waals surface area contributed by atoms with Gasteiger partial charge in [0.2, 0.25) is 0 Å². The summed E-state index contributed by atoms with van der Waals surface area (Å²) in [7, 11) is -7.15. The van der Waals surface area contributed by atoms with Crippen molar-refractivity contribution < 1.29 is 85.1 Å². The molecule has 0 aliphatic rings. The first kappa shape index (κ1) is 23.8. The minimum absolute atomic E-state index is 0. The summed E-state index contributed by atoms with van der Waals surface area (Å²) in [6.45, 7) is -0.266. The van der Waals surface area contributed by atoms with Gasteiger partial charge in [0.15, 0.2) is 20.6 Å². The van der Waals surface area contributed by atoms with Crippen molar-refractivity contribution in [2.75, 3.05) is 27.2 Å². The Labute approximate surface area is 146 Å². The Kier molecular flexibility index (Phi) is 13.5. The van der Waals surface area contributed by atoms with Crippen molar-refractivity contribution in [1.82, 2.24) is 8.61 Å². The quantitative estimate of drug-likeness (QED) is 0.353. The Bertz CT molecular complexity index is 363. The van der Waals surface area contributed by atoms with Gasteiger partial charge in [0, 0.05) is 6.54 Å². The molecule has 92 valence electrons. The van der Waals surface area contributed by atoms with Crippen molar-refractivity contribution in [1.29, 1.82) is 0 Å². The van der Waals surface area contributed by atoms with Gasteiger partial charge in [0.1, 0.15) is 0 Å². The molecule has 0 aromatic carbocycles. The average molecular weight is 306 g/mol. The number of rotatable bonds is 6. The van der Waals surface area contributed by atoms with Crippen molar-refractivity contribution >= 4 is 20.6 Å².